The van der Waals surface area contributed by atoms with Crippen molar-refractivity contribution in [3.63, 3.8) is 0 Å². The zero-order valence-corrected chi connectivity index (χ0v) is 13.9. The zero-order valence-electron chi connectivity index (χ0n) is 12.7. The van der Waals surface area contributed by atoms with Gasteiger partial charge < -0.3 is 9.47 Å². The van der Waals surface area contributed by atoms with E-state index in [0.29, 0.717) is 0 Å². The molecule has 0 amide bonds. The van der Waals surface area contributed by atoms with Crippen molar-refractivity contribution in [3.8, 4) is 22.6 Å². The first kappa shape index (κ1) is 14.9. The topological polar surface area (TPSA) is 18.5 Å². The van der Waals surface area contributed by atoms with Gasteiger partial charge in [0.25, 0.3) is 0 Å². The lowest BCUT2D eigenvalue weighted by molar-refractivity contribution is 0.407. The van der Waals surface area contributed by atoms with Crippen LogP contribution in [0.1, 0.15) is 16.7 Å². The summed E-state index contributed by atoms with van der Waals surface area (Å²) in [6, 6.07) is 8.29. The van der Waals surface area contributed by atoms with Gasteiger partial charge in [0.15, 0.2) is 0 Å². The summed E-state index contributed by atoms with van der Waals surface area (Å²) < 4.78 is 11.0. The van der Waals surface area contributed by atoms with Gasteiger partial charge in [-0.2, -0.15) is 0 Å². The number of hydrogen-bond donors (Lipinski definition) is 0. The van der Waals surface area contributed by atoms with Crippen molar-refractivity contribution >= 4 is 14.5 Å². The standard InChI is InChI=1S/C17H21O2P/c1-10-8-11(2)15(12(3)9-10)16-13(18-4)6-7-14(19-5)17(16)20/h6-9H,20H2,1-5H3. The molecule has 0 fully saturated rings. The Bertz CT molecular complexity index is 625. The summed E-state index contributed by atoms with van der Waals surface area (Å²) in [5, 5.41) is 1.03. The Balaban J connectivity index is 2.81. The summed E-state index contributed by atoms with van der Waals surface area (Å²) in [7, 11) is 6.17. The van der Waals surface area contributed by atoms with Crippen LogP contribution in [0.15, 0.2) is 24.3 Å². The maximum absolute atomic E-state index is 5.55. The molecule has 2 nitrogen and oxygen atoms in total. The molecule has 0 aliphatic heterocycles. The van der Waals surface area contributed by atoms with Crippen molar-refractivity contribution in [1.82, 2.24) is 0 Å². The molecule has 20 heavy (non-hydrogen) atoms. The molecule has 0 aliphatic carbocycles. The lowest BCUT2D eigenvalue weighted by Crippen LogP contribution is -2.07. The van der Waals surface area contributed by atoms with E-state index in [9.17, 15) is 0 Å². The molecule has 1 atom stereocenters. The second-order valence-electron chi connectivity index (χ2n) is 5.03. The van der Waals surface area contributed by atoms with Crippen LogP contribution in [0.3, 0.4) is 0 Å². The molecular weight excluding hydrogens is 267 g/mol. The van der Waals surface area contributed by atoms with Crippen molar-refractivity contribution in [3.05, 3.63) is 41.0 Å². The molecule has 2 aromatic carbocycles. The fourth-order valence-electron chi connectivity index (χ4n) is 2.76. The van der Waals surface area contributed by atoms with E-state index >= 15 is 0 Å². The monoisotopic (exact) mass is 288 g/mol. The first-order chi connectivity index (χ1) is 9.49. The molecule has 2 aromatic rings. The zero-order chi connectivity index (χ0) is 14.9. The van der Waals surface area contributed by atoms with Crippen molar-refractivity contribution in [2.75, 3.05) is 14.2 Å². The number of rotatable bonds is 3. The number of methoxy groups -OCH3 is 2. The Hall–Kier alpha value is -1.53. The Kier molecular flexibility index (Phi) is 4.35. The van der Waals surface area contributed by atoms with Crippen LogP contribution in [0.4, 0.5) is 0 Å². The fraction of sp³-hybridized carbons (Fsp3) is 0.294. The Labute approximate surface area is 123 Å². The molecule has 106 valence electrons. The molecule has 0 saturated carbocycles. The van der Waals surface area contributed by atoms with Gasteiger partial charge in [0.1, 0.15) is 11.5 Å². The fourth-order valence-corrected chi connectivity index (χ4v) is 3.26. The minimum absolute atomic E-state index is 0.852. The predicted molar refractivity (Wildman–Crippen MR) is 88.5 cm³/mol. The van der Waals surface area contributed by atoms with Gasteiger partial charge in [0.05, 0.1) is 14.2 Å². The van der Waals surface area contributed by atoms with E-state index in [1.54, 1.807) is 14.2 Å². The lowest BCUT2D eigenvalue weighted by Gasteiger charge is -2.19. The first-order valence-corrected chi connectivity index (χ1v) is 7.16. The van der Waals surface area contributed by atoms with Crippen molar-refractivity contribution < 1.29 is 9.47 Å². The molecule has 0 aromatic heterocycles. The predicted octanol–water partition coefficient (Wildman–Crippen LogP) is 3.80. The van der Waals surface area contributed by atoms with Crippen molar-refractivity contribution in [1.29, 1.82) is 0 Å². The largest absolute Gasteiger partial charge is 0.496 e. The maximum Gasteiger partial charge on any atom is 0.127 e. The van der Waals surface area contributed by atoms with Crippen molar-refractivity contribution in [2.24, 2.45) is 0 Å². The molecule has 0 aliphatic rings. The van der Waals surface area contributed by atoms with E-state index in [0.717, 1.165) is 22.4 Å². The van der Waals surface area contributed by atoms with E-state index in [4.69, 9.17) is 9.47 Å². The van der Waals surface area contributed by atoms with Gasteiger partial charge in [-0.1, -0.05) is 17.7 Å². The second kappa shape index (κ2) is 5.85. The van der Waals surface area contributed by atoms with Gasteiger partial charge in [0.2, 0.25) is 0 Å². The number of hydrogen-bond acceptors (Lipinski definition) is 2. The highest BCUT2D eigenvalue weighted by molar-refractivity contribution is 7.28. The molecule has 0 N–H and O–H groups in total. The quantitative estimate of drug-likeness (QED) is 0.800. The third-order valence-corrected chi connectivity index (χ3v) is 4.11. The summed E-state index contributed by atoms with van der Waals surface area (Å²) in [6.07, 6.45) is 0. The number of ether oxygens (including phenoxy) is 2. The molecule has 0 bridgehead atoms. The van der Waals surface area contributed by atoms with E-state index in [2.05, 4.69) is 42.1 Å². The Morgan fingerprint density at radius 1 is 0.800 bits per heavy atom. The molecule has 0 saturated heterocycles. The van der Waals surface area contributed by atoms with E-state index in [1.165, 1.54) is 22.3 Å². The molecule has 2 rings (SSSR count). The van der Waals surface area contributed by atoms with Crippen LogP contribution < -0.4 is 14.8 Å². The summed E-state index contributed by atoms with van der Waals surface area (Å²) in [6.45, 7) is 6.39. The average molecular weight is 288 g/mol. The molecule has 3 heteroatoms. The second-order valence-corrected chi connectivity index (χ2v) is 5.61. The SMILES string of the molecule is COc1ccc(OC)c(-c2c(C)cc(C)cc2C)c1P. The van der Waals surface area contributed by atoms with Crippen LogP contribution in [-0.2, 0) is 0 Å². The van der Waals surface area contributed by atoms with Crippen LogP contribution >= 0.6 is 9.24 Å². The summed E-state index contributed by atoms with van der Waals surface area (Å²) in [4.78, 5) is 0. The number of benzene rings is 2. The van der Waals surface area contributed by atoms with E-state index < -0.39 is 0 Å². The average Bonchev–Trinajstić information content (AvgIpc) is 2.39. The van der Waals surface area contributed by atoms with E-state index in [1.807, 2.05) is 12.1 Å². The minimum Gasteiger partial charge on any atom is -0.496 e. The minimum atomic E-state index is 0.852. The van der Waals surface area contributed by atoms with Gasteiger partial charge in [-0.15, -0.1) is 9.24 Å². The van der Waals surface area contributed by atoms with E-state index in [-0.39, 0.29) is 0 Å². The van der Waals surface area contributed by atoms with Crippen LogP contribution in [0.5, 0.6) is 11.5 Å². The molecule has 1 unspecified atom stereocenters. The van der Waals surface area contributed by atoms with Crippen LogP contribution in [0.2, 0.25) is 0 Å². The summed E-state index contributed by atoms with van der Waals surface area (Å²) >= 11 is 0. The van der Waals surface area contributed by atoms with Crippen LogP contribution in [0.25, 0.3) is 11.1 Å². The molecular formula is C17H21O2P. The highest BCUT2D eigenvalue weighted by atomic mass is 31.0. The number of aryl methyl sites for hydroxylation is 3. The lowest BCUT2D eigenvalue weighted by atomic mass is 9.93. The summed E-state index contributed by atoms with van der Waals surface area (Å²) in [5.41, 5.74) is 6.08. The Morgan fingerprint density at radius 3 is 1.80 bits per heavy atom. The highest BCUT2D eigenvalue weighted by Crippen LogP contribution is 2.37. The van der Waals surface area contributed by atoms with Crippen LogP contribution in [-0.4, -0.2) is 14.2 Å². The van der Waals surface area contributed by atoms with Gasteiger partial charge in [-0.3, -0.25) is 0 Å². The summed E-state index contributed by atoms with van der Waals surface area (Å²) in [5.74, 6) is 1.72. The first-order valence-electron chi connectivity index (χ1n) is 6.58. The maximum atomic E-state index is 5.55. The van der Waals surface area contributed by atoms with Gasteiger partial charge in [-0.05, 0) is 49.6 Å². The van der Waals surface area contributed by atoms with Crippen LogP contribution in [0, 0.1) is 20.8 Å². The third-order valence-electron chi connectivity index (χ3n) is 3.53. The molecule has 0 radical (unpaired) electrons. The smallest absolute Gasteiger partial charge is 0.127 e. The molecule has 0 spiro atoms. The third kappa shape index (κ3) is 2.53. The van der Waals surface area contributed by atoms with Gasteiger partial charge >= 0.3 is 0 Å². The molecule has 0 heterocycles. The highest BCUT2D eigenvalue weighted by Gasteiger charge is 2.17. The van der Waals surface area contributed by atoms with Crippen molar-refractivity contribution in [2.45, 2.75) is 20.8 Å². The van der Waals surface area contributed by atoms with Gasteiger partial charge in [0, 0.05) is 10.9 Å². The Morgan fingerprint density at radius 2 is 1.30 bits per heavy atom. The normalized spacial score (nSPS) is 10.5. The van der Waals surface area contributed by atoms with Gasteiger partial charge in [-0.25, -0.2) is 0 Å².